The van der Waals surface area contributed by atoms with Crippen molar-refractivity contribution in [2.24, 2.45) is 0 Å². The maximum Gasteiger partial charge on any atom is 0.223 e. The molecule has 0 fully saturated rings. The minimum Gasteiger partial charge on any atom is -0.302 e. The maximum absolute atomic E-state index is 11.0. The van der Waals surface area contributed by atoms with E-state index in [0.717, 1.165) is 16.6 Å². The standard InChI is InChI=1S/C13H13BrN2OS/c1-8-12(18-13(15-8)16-9(2)17)7-10-3-5-11(14)6-4-10/h3-6H,7H2,1-2H3,(H,15,16,17). The lowest BCUT2D eigenvalue weighted by Gasteiger charge is -1.99. The van der Waals surface area contributed by atoms with E-state index in [9.17, 15) is 4.79 Å². The number of amides is 1. The Hall–Kier alpha value is -1.20. The molecule has 1 heterocycles. The molecule has 5 heteroatoms. The number of hydrogen-bond donors (Lipinski definition) is 1. The number of aromatic nitrogens is 1. The van der Waals surface area contributed by atoms with Gasteiger partial charge >= 0.3 is 0 Å². The van der Waals surface area contributed by atoms with Crippen LogP contribution in [0.1, 0.15) is 23.1 Å². The van der Waals surface area contributed by atoms with Crippen molar-refractivity contribution in [1.82, 2.24) is 4.98 Å². The first-order chi connectivity index (χ1) is 8.54. The van der Waals surface area contributed by atoms with Gasteiger partial charge in [0.15, 0.2) is 5.13 Å². The van der Waals surface area contributed by atoms with E-state index in [4.69, 9.17) is 0 Å². The average molecular weight is 325 g/mol. The highest BCUT2D eigenvalue weighted by molar-refractivity contribution is 9.10. The molecule has 0 atom stereocenters. The van der Waals surface area contributed by atoms with Crippen LogP contribution in [0.25, 0.3) is 0 Å². The van der Waals surface area contributed by atoms with E-state index in [1.165, 1.54) is 28.7 Å². The van der Waals surface area contributed by atoms with Crippen LogP contribution < -0.4 is 5.32 Å². The van der Waals surface area contributed by atoms with Crippen LogP contribution in [0.3, 0.4) is 0 Å². The second-order valence-corrected chi connectivity index (χ2v) is 6.01. The lowest BCUT2D eigenvalue weighted by Crippen LogP contribution is -2.04. The van der Waals surface area contributed by atoms with Gasteiger partial charge in [0.2, 0.25) is 5.91 Å². The van der Waals surface area contributed by atoms with Gasteiger partial charge in [0.05, 0.1) is 5.69 Å². The van der Waals surface area contributed by atoms with Crippen molar-refractivity contribution in [3.8, 4) is 0 Å². The molecule has 1 aromatic heterocycles. The SMILES string of the molecule is CC(=O)Nc1nc(C)c(Cc2ccc(Br)cc2)s1. The van der Waals surface area contributed by atoms with Crippen molar-refractivity contribution in [1.29, 1.82) is 0 Å². The molecule has 18 heavy (non-hydrogen) atoms. The largest absolute Gasteiger partial charge is 0.302 e. The zero-order valence-corrected chi connectivity index (χ0v) is 12.6. The Morgan fingerprint density at radius 3 is 2.67 bits per heavy atom. The van der Waals surface area contributed by atoms with E-state index in [2.05, 4.69) is 38.4 Å². The third kappa shape index (κ3) is 3.40. The van der Waals surface area contributed by atoms with Crippen LogP contribution in [0.2, 0.25) is 0 Å². The van der Waals surface area contributed by atoms with Gasteiger partial charge in [-0.3, -0.25) is 4.79 Å². The van der Waals surface area contributed by atoms with Crippen molar-refractivity contribution < 1.29 is 4.79 Å². The number of halogens is 1. The molecule has 0 saturated carbocycles. The maximum atomic E-state index is 11.0. The summed E-state index contributed by atoms with van der Waals surface area (Å²) in [5, 5.41) is 3.40. The molecule has 0 unspecified atom stereocenters. The quantitative estimate of drug-likeness (QED) is 0.933. The predicted octanol–water partition coefficient (Wildman–Crippen LogP) is 3.76. The van der Waals surface area contributed by atoms with Gasteiger partial charge < -0.3 is 5.32 Å². The van der Waals surface area contributed by atoms with E-state index in [1.807, 2.05) is 19.1 Å². The van der Waals surface area contributed by atoms with Gasteiger partial charge in [0, 0.05) is 22.7 Å². The van der Waals surface area contributed by atoms with Crippen LogP contribution in [0.4, 0.5) is 5.13 Å². The number of nitrogens with zero attached hydrogens (tertiary/aromatic N) is 1. The molecule has 2 aromatic rings. The molecule has 0 aliphatic carbocycles. The highest BCUT2D eigenvalue weighted by Gasteiger charge is 2.09. The first kappa shape index (κ1) is 13.2. The van der Waals surface area contributed by atoms with Crippen LogP contribution >= 0.6 is 27.3 Å². The molecular weight excluding hydrogens is 312 g/mol. The summed E-state index contributed by atoms with van der Waals surface area (Å²) in [6.45, 7) is 3.46. The molecule has 1 aromatic carbocycles. The zero-order chi connectivity index (χ0) is 13.1. The van der Waals surface area contributed by atoms with Gasteiger partial charge in [-0.2, -0.15) is 0 Å². The van der Waals surface area contributed by atoms with Gasteiger partial charge in [0.25, 0.3) is 0 Å². The summed E-state index contributed by atoms with van der Waals surface area (Å²) in [4.78, 5) is 16.5. The highest BCUT2D eigenvalue weighted by Crippen LogP contribution is 2.25. The lowest BCUT2D eigenvalue weighted by molar-refractivity contribution is -0.114. The fourth-order valence-electron chi connectivity index (χ4n) is 1.58. The second-order valence-electron chi connectivity index (χ2n) is 4.01. The predicted molar refractivity (Wildman–Crippen MR) is 78.1 cm³/mol. The summed E-state index contributed by atoms with van der Waals surface area (Å²) >= 11 is 4.95. The number of nitrogens with one attached hydrogen (secondary N) is 1. The number of hydrogen-bond acceptors (Lipinski definition) is 3. The summed E-state index contributed by atoms with van der Waals surface area (Å²) in [6.07, 6.45) is 0.844. The topological polar surface area (TPSA) is 42.0 Å². The first-order valence-electron chi connectivity index (χ1n) is 5.53. The number of benzene rings is 1. The molecule has 94 valence electrons. The van der Waals surface area contributed by atoms with E-state index >= 15 is 0 Å². The van der Waals surface area contributed by atoms with Crippen LogP contribution in [-0.4, -0.2) is 10.9 Å². The van der Waals surface area contributed by atoms with Crippen molar-refractivity contribution in [3.05, 3.63) is 44.9 Å². The summed E-state index contributed by atoms with van der Waals surface area (Å²) in [7, 11) is 0. The van der Waals surface area contributed by atoms with Crippen molar-refractivity contribution in [3.63, 3.8) is 0 Å². The molecule has 0 saturated heterocycles. The van der Waals surface area contributed by atoms with E-state index in [1.54, 1.807) is 0 Å². The van der Waals surface area contributed by atoms with Gasteiger partial charge in [-0.05, 0) is 24.6 Å². The number of carbonyl (C=O) groups is 1. The van der Waals surface area contributed by atoms with Gasteiger partial charge in [-0.15, -0.1) is 11.3 Å². The number of thiazole rings is 1. The van der Waals surface area contributed by atoms with Crippen LogP contribution in [0.5, 0.6) is 0 Å². The average Bonchev–Trinajstić information content (AvgIpc) is 2.61. The molecular formula is C13H13BrN2OS. The van der Waals surface area contributed by atoms with E-state index in [0.29, 0.717) is 5.13 Å². The molecule has 0 radical (unpaired) electrons. The summed E-state index contributed by atoms with van der Waals surface area (Å²) < 4.78 is 1.08. The number of anilines is 1. The molecule has 0 aliphatic rings. The van der Waals surface area contributed by atoms with Gasteiger partial charge in [-0.1, -0.05) is 28.1 Å². The Morgan fingerprint density at radius 2 is 2.06 bits per heavy atom. The number of aryl methyl sites for hydroxylation is 1. The Kier molecular flexibility index (Phi) is 4.14. The minimum atomic E-state index is -0.0843. The van der Waals surface area contributed by atoms with Crippen molar-refractivity contribution >= 4 is 38.3 Å². The van der Waals surface area contributed by atoms with Crippen LogP contribution in [-0.2, 0) is 11.2 Å². The van der Waals surface area contributed by atoms with E-state index in [-0.39, 0.29) is 5.91 Å². The Bertz CT molecular complexity index is 563. The summed E-state index contributed by atoms with van der Waals surface area (Å²) in [5.41, 5.74) is 2.21. The normalized spacial score (nSPS) is 10.4. The Balaban J connectivity index is 2.16. The smallest absolute Gasteiger partial charge is 0.223 e. The number of carbonyl (C=O) groups excluding carboxylic acids is 1. The van der Waals surface area contributed by atoms with Gasteiger partial charge in [0.1, 0.15) is 0 Å². The number of rotatable bonds is 3. The summed E-state index contributed by atoms with van der Waals surface area (Å²) in [6, 6.07) is 8.23. The minimum absolute atomic E-state index is 0.0843. The third-order valence-electron chi connectivity index (χ3n) is 2.45. The van der Waals surface area contributed by atoms with Crippen molar-refractivity contribution in [2.75, 3.05) is 5.32 Å². The molecule has 1 N–H and O–H groups in total. The fourth-order valence-corrected chi connectivity index (χ4v) is 2.89. The van der Waals surface area contributed by atoms with Crippen LogP contribution in [0, 0.1) is 6.92 Å². The van der Waals surface area contributed by atoms with Crippen molar-refractivity contribution in [2.45, 2.75) is 20.3 Å². The summed E-state index contributed by atoms with van der Waals surface area (Å²) in [5.74, 6) is -0.0843. The third-order valence-corrected chi connectivity index (χ3v) is 4.06. The molecule has 0 aliphatic heterocycles. The molecule has 1 amide bonds. The monoisotopic (exact) mass is 324 g/mol. The molecule has 0 bridgehead atoms. The Morgan fingerprint density at radius 1 is 1.39 bits per heavy atom. The lowest BCUT2D eigenvalue weighted by atomic mass is 10.1. The first-order valence-corrected chi connectivity index (χ1v) is 7.14. The second kappa shape index (κ2) is 5.63. The van der Waals surface area contributed by atoms with E-state index < -0.39 is 0 Å². The molecule has 0 spiro atoms. The molecule has 2 rings (SSSR count). The van der Waals surface area contributed by atoms with Crippen LogP contribution in [0.15, 0.2) is 28.7 Å². The fraction of sp³-hybridized carbons (Fsp3) is 0.231. The molecule has 3 nitrogen and oxygen atoms in total. The zero-order valence-electron chi connectivity index (χ0n) is 10.2. The van der Waals surface area contributed by atoms with Gasteiger partial charge in [-0.25, -0.2) is 4.98 Å². The Labute approximate surface area is 118 Å². The highest BCUT2D eigenvalue weighted by atomic mass is 79.9.